The Labute approximate surface area is 150 Å². The quantitative estimate of drug-likeness (QED) is 0.736. The molecule has 2 N–H and O–H groups in total. The van der Waals surface area contributed by atoms with Crippen molar-refractivity contribution in [1.29, 1.82) is 0 Å². The molecule has 0 aromatic carbocycles. The molecular weight excluding hydrogens is 332 g/mol. The summed E-state index contributed by atoms with van der Waals surface area (Å²) in [7, 11) is 1.87. The van der Waals surface area contributed by atoms with E-state index in [1.165, 1.54) is 0 Å². The third-order valence-electron chi connectivity index (χ3n) is 4.26. The maximum absolute atomic E-state index is 12.2. The SMILES string of the molecule is Cn1cc(-c2ccc3cnc(NC(=O)CC4CNCCO4)cc3n2)cn1. The van der Waals surface area contributed by atoms with Gasteiger partial charge in [0.15, 0.2) is 0 Å². The Morgan fingerprint density at radius 2 is 2.35 bits per heavy atom. The summed E-state index contributed by atoms with van der Waals surface area (Å²) in [6, 6.07) is 5.69. The molecule has 1 amide bonds. The summed E-state index contributed by atoms with van der Waals surface area (Å²) >= 11 is 0. The van der Waals surface area contributed by atoms with Crippen LogP contribution in [0.15, 0.2) is 36.8 Å². The Kier molecular flexibility index (Phi) is 4.59. The molecule has 0 spiro atoms. The minimum atomic E-state index is -0.117. The van der Waals surface area contributed by atoms with Gasteiger partial charge in [-0.1, -0.05) is 0 Å². The Balaban J connectivity index is 1.51. The number of morpholine rings is 1. The molecule has 1 aliphatic heterocycles. The standard InChI is InChI=1S/C18H20N6O2/c1-24-11-13(9-21-24)15-3-2-12-8-20-17(7-16(12)22-15)23-18(25)6-14-10-19-4-5-26-14/h2-3,7-9,11,14,19H,4-6,10H2,1H3,(H,20,23,25). The molecule has 3 aromatic rings. The van der Waals surface area contributed by atoms with E-state index in [1.807, 2.05) is 25.4 Å². The number of nitrogens with one attached hydrogen (secondary N) is 2. The fraction of sp³-hybridized carbons (Fsp3) is 0.333. The first-order chi connectivity index (χ1) is 12.7. The van der Waals surface area contributed by atoms with Crippen molar-refractivity contribution in [2.24, 2.45) is 7.05 Å². The second kappa shape index (κ2) is 7.19. The Morgan fingerprint density at radius 1 is 1.42 bits per heavy atom. The van der Waals surface area contributed by atoms with E-state index in [-0.39, 0.29) is 12.0 Å². The van der Waals surface area contributed by atoms with E-state index < -0.39 is 0 Å². The number of pyridine rings is 2. The van der Waals surface area contributed by atoms with Gasteiger partial charge < -0.3 is 15.4 Å². The van der Waals surface area contributed by atoms with Gasteiger partial charge in [0, 0.05) is 49.5 Å². The van der Waals surface area contributed by atoms with Gasteiger partial charge in [-0.15, -0.1) is 0 Å². The normalized spacial score (nSPS) is 17.3. The molecule has 0 radical (unpaired) electrons. The van der Waals surface area contributed by atoms with Gasteiger partial charge in [-0.25, -0.2) is 9.97 Å². The number of ether oxygens (including phenoxy) is 1. The van der Waals surface area contributed by atoms with E-state index in [0.717, 1.165) is 28.7 Å². The lowest BCUT2D eigenvalue weighted by Gasteiger charge is -2.22. The van der Waals surface area contributed by atoms with Crippen molar-refractivity contribution in [1.82, 2.24) is 25.1 Å². The summed E-state index contributed by atoms with van der Waals surface area (Å²) in [6.45, 7) is 2.15. The van der Waals surface area contributed by atoms with Crippen LogP contribution in [0, 0.1) is 0 Å². The van der Waals surface area contributed by atoms with Crippen molar-refractivity contribution >= 4 is 22.6 Å². The number of aromatic nitrogens is 4. The van der Waals surface area contributed by atoms with E-state index in [2.05, 4.69) is 25.7 Å². The number of fused-ring (bicyclic) bond motifs is 1. The molecule has 4 heterocycles. The van der Waals surface area contributed by atoms with Crippen LogP contribution in [-0.2, 0) is 16.6 Å². The van der Waals surface area contributed by atoms with Gasteiger partial charge in [-0.3, -0.25) is 9.48 Å². The zero-order valence-electron chi connectivity index (χ0n) is 14.5. The van der Waals surface area contributed by atoms with Gasteiger partial charge in [0.25, 0.3) is 0 Å². The van der Waals surface area contributed by atoms with E-state index in [4.69, 9.17) is 4.74 Å². The average molecular weight is 352 g/mol. The number of rotatable bonds is 4. The molecule has 134 valence electrons. The number of carbonyl (C=O) groups excluding carboxylic acids is 1. The number of aryl methyl sites for hydroxylation is 1. The van der Waals surface area contributed by atoms with Crippen molar-refractivity contribution < 1.29 is 9.53 Å². The Bertz CT molecular complexity index is 932. The lowest BCUT2D eigenvalue weighted by molar-refractivity contribution is -0.119. The number of anilines is 1. The second-order valence-corrected chi connectivity index (χ2v) is 6.31. The minimum Gasteiger partial charge on any atom is -0.375 e. The lowest BCUT2D eigenvalue weighted by Crippen LogP contribution is -2.40. The minimum absolute atomic E-state index is 0.0977. The molecule has 26 heavy (non-hydrogen) atoms. The summed E-state index contributed by atoms with van der Waals surface area (Å²) in [5, 5.41) is 11.1. The van der Waals surface area contributed by atoms with Crippen LogP contribution in [0.1, 0.15) is 6.42 Å². The zero-order valence-corrected chi connectivity index (χ0v) is 14.5. The molecule has 1 fully saturated rings. The van der Waals surface area contributed by atoms with Crippen molar-refractivity contribution in [3.8, 4) is 11.3 Å². The van der Waals surface area contributed by atoms with Crippen molar-refractivity contribution in [3.63, 3.8) is 0 Å². The summed E-state index contributed by atoms with van der Waals surface area (Å²) in [5.41, 5.74) is 2.54. The first kappa shape index (κ1) is 16.6. The number of hydrogen-bond donors (Lipinski definition) is 2. The van der Waals surface area contributed by atoms with Gasteiger partial charge in [0.2, 0.25) is 5.91 Å². The zero-order chi connectivity index (χ0) is 17.9. The molecule has 0 saturated carbocycles. The fourth-order valence-corrected chi connectivity index (χ4v) is 2.95. The molecule has 4 rings (SSSR count). The van der Waals surface area contributed by atoms with Gasteiger partial charge in [0.05, 0.1) is 36.5 Å². The number of amides is 1. The van der Waals surface area contributed by atoms with Crippen LogP contribution < -0.4 is 10.6 Å². The summed E-state index contributed by atoms with van der Waals surface area (Å²) < 4.78 is 7.30. The van der Waals surface area contributed by atoms with Crippen LogP contribution in [0.4, 0.5) is 5.82 Å². The van der Waals surface area contributed by atoms with Crippen LogP contribution in [0.5, 0.6) is 0 Å². The maximum atomic E-state index is 12.2. The van der Waals surface area contributed by atoms with Crippen LogP contribution >= 0.6 is 0 Å². The maximum Gasteiger partial charge on any atom is 0.228 e. The highest BCUT2D eigenvalue weighted by molar-refractivity contribution is 5.92. The van der Waals surface area contributed by atoms with E-state index in [9.17, 15) is 4.79 Å². The van der Waals surface area contributed by atoms with Gasteiger partial charge in [0.1, 0.15) is 5.82 Å². The Morgan fingerprint density at radius 3 is 3.12 bits per heavy atom. The predicted octanol–water partition coefficient (Wildman–Crippen LogP) is 1.35. The van der Waals surface area contributed by atoms with Gasteiger partial charge >= 0.3 is 0 Å². The third kappa shape index (κ3) is 3.71. The van der Waals surface area contributed by atoms with E-state index in [1.54, 1.807) is 23.1 Å². The first-order valence-corrected chi connectivity index (χ1v) is 8.55. The lowest BCUT2D eigenvalue weighted by atomic mass is 10.2. The molecular formula is C18H20N6O2. The smallest absolute Gasteiger partial charge is 0.228 e. The molecule has 8 heteroatoms. The molecule has 1 atom stereocenters. The molecule has 1 unspecified atom stereocenters. The number of hydrogen-bond acceptors (Lipinski definition) is 6. The third-order valence-corrected chi connectivity index (χ3v) is 4.26. The Hall–Kier alpha value is -2.84. The molecule has 1 aliphatic rings. The van der Waals surface area contributed by atoms with Crippen LogP contribution in [0.2, 0.25) is 0 Å². The largest absolute Gasteiger partial charge is 0.375 e. The summed E-state index contributed by atoms with van der Waals surface area (Å²) in [5.74, 6) is 0.371. The predicted molar refractivity (Wildman–Crippen MR) is 97.6 cm³/mol. The first-order valence-electron chi connectivity index (χ1n) is 8.55. The van der Waals surface area contributed by atoms with E-state index >= 15 is 0 Å². The molecule has 0 aliphatic carbocycles. The fourth-order valence-electron chi connectivity index (χ4n) is 2.95. The summed E-state index contributed by atoms with van der Waals surface area (Å²) in [4.78, 5) is 21.2. The molecule has 8 nitrogen and oxygen atoms in total. The highest BCUT2D eigenvalue weighted by Gasteiger charge is 2.17. The average Bonchev–Trinajstić information content (AvgIpc) is 3.08. The highest BCUT2D eigenvalue weighted by Crippen LogP contribution is 2.21. The van der Waals surface area contributed by atoms with Gasteiger partial charge in [-0.05, 0) is 12.1 Å². The highest BCUT2D eigenvalue weighted by atomic mass is 16.5. The van der Waals surface area contributed by atoms with Crippen molar-refractivity contribution in [2.75, 3.05) is 25.0 Å². The molecule has 0 bridgehead atoms. The molecule has 3 aromatic heterocycles. The number of carbonyl (C=O) groups is 1. The summed E-state index contributed by atoms with van der Waals surface area (Å²) in [6.07, 6.45) is 5.60. The van der Waals surface area contributed by atoms with Crippen molar-refractivity contribution in [3.05, 3.63) is 36.8 Å². The van der Waals surface area contributed by atoms with Crippen molar-refractivity contribution in [2.45, 2.75) is 12.5 Å². The van der Waals surface area contributed by atoms with Gasteiger partial charge in [-0.2, -0.15) is 5.10 Å². The topological polar surface area (TPSA) is 94.0 Å². The van der Waals surface area contributed by atoms with E-state index in [0.29, 0.717) is 25.4 Å². The monoisotopic (exact) mass is 352 g/mol. The van der Waals surface area contributed by atoms with Crippen LogP contribution in [0.25, 0.3) is 22.2 Å². The number of nitrogens with zero attached hydrogens (tertiary/aromatic N) is 4. The van der Waals surface area contributed by atoms with Crippen LogP contribution in [-0.4, -0.2) is 51.5 Å². The second-order valence-electron chi connectivity index (χ2n) is 6.31. The van der Waals surface area contributed by atoms with Crippen LogP contribution in [0.3, 0.4) is 0 Å². The molecule has 1 saturated heterocycles.